The Labute approximate surface area is 143 Å². The van der Waals surface area contributed by atoms with Crippen LogP contribution in [0, 0.1) is 6.92 Å². The van der Waals surface area contributed by atoms with Gasteiger partial charge in [-0.3, -0.25) is 0 Å². The van der Waals surface area contributed by atoms with Gasteiger partial charge in [0.05, 0.1) is 0 Å². The van der Waals surface area contributed by atoms with Gasteiger partial charge in [-0.1, -0.05) is 54.6 Å². The van der Waals surface area contributed by atoms with Gasteiger partial charge < -0.3 is 0 Å². The molecule has 0 radical (unpaired) electrons. The molecule has 2 aromatic carbocycles. The number of hydrogen-bond acceptors (Lipinski definition) is 4. The zero-order chi connectivity index (χ0) is 16.8. The van der Waals surface area contributed by atoms with Gasteiger partial charge in [-0.15, -0.1) is 20.4 Å². The van der Waals surface area contributed by atoms with Gasteiger partial charge in [0.1, 0.15) is 5.82 Å². The largest absolute Gasteiger partial charge is 0.210 e. The molecule has 0 fully saturated rings. The molecular weight excluding hydrogens is 312 g/mol. The SMILES string of the molecule is Cc1nnc2ccc3nnc(-c4ccc(-c5ccccc5)cc4)n3n12. The van der Waals surface area contributed by atoms with Crippen molar-refractivity contribution in [3.63, 3.8) is 0 Å². The molecule has 5 aromatic rings. The highest BCUT2D eigenvalue weighted by Crippen LogP contribution is 2.24. The summed E-state index contributed by atoms with van der Waals surface area (Å²) in [5, 5.41) is 17.0. The van der Waals surface area contributed by atoms with E-state index in [2.05, 4.69) is 56.8 Å². The average Bonchev–Trinajstić information content (AvgIpc) is 3.26. The van der Waals surface area contributed by atoms with Crippen LogP contribution in [0.2, 0.25) is 0 Å². The van der Waals surface area contributed by atoms with Crippen LogP contribution < -0.4 is 0 Å². The van der Waals surface area contributed by atoms with Crippen molar-refractivity contribution in [1.29, 1.82) is 0 Å². The van der Waals surface area contributed by atoms with Crippen molar-refractivity contribution < 1.29 is 0 Å². The molecule has 0 N–H and O–H groups in total. The third kappa shape index (κ3) is 2.11. The molecule has 0 bridgehead atoms. The lowest BCUT2D eigenvalue weighted by Gasteiger charge is -2.06. The first-order valence-electron chi connectivity index (χ1n) is 8.03. The Morgan fingerprint density at radius 1 is 0.560 bits per heavy atom. The Kier molecular flexibility index (Phi) is 2.90. The number of nitrogens with zero attached hydrogens (tertiary/aromatic N) is 6. The van der Waals surface area contributed by atoms with Crippen LogP contribution >= 0.6 is 0 Å². The molecule has 0 aliphatic carbocycles. The number of aromatic nitrogens is 6. The van der Waals surface area contributed by atoms with Gasteiger partial charge in [0.2, 0.25) is 0 Å². The van der Waals surface area contributed by atoms with Crippen molar-refractivity contribution in [3.05, 3.63) is 72.6 Å². The molecule has 6 nitrogen and oxygen atoms in total. The van der Waals surface area contributed by atoms with E-state index in [-0.39, 0.29) is 0 Å². The van der Waals surface area contributed by atoms with E-state index in [0.29, 0.717) is 0 Å². The van der Waals surface area contributed by atoms with Crippen molar-refractivity contribution in [2.75, 3.05) is 0 Å². The summed E-state index contributed by atoms with van der Waals surface area (Å²) in [5.74, 6) is 1.56. The van der Waals surface area contributed by atoms with E-state index >= 15 is 0 Å². The maximum atomic E-state index is 4.38. The van der Waals surface area contributed by atoms with E-state index < -0.39 is 0 Å². The highest BCUT2D eigenvalue weighted by atomic mass is 15.5. The first kappa shape index (κ1) is 13.9. The van der Waals surface area contributed by atoms with Crippen LogP contribution in [0.15, 0.2) is 66.7 Å². The number of rotatable bonds is 2. The minimum Gasteiger partial charge on any atom is -0.210 e. The quantitative estimate of drug-likeness (QED) is 0.499. The Hall–Kier alpha value is -3.54. The minimum absolute atomic E-state index is 0.762. The molecule has 0 amide bonds. The van der Waals surface area contributed by atoms with E-state index in [1.54, 1.807) is 0 Å². The maximum absolute atomic E-state index is 4.38. The second kappa shape index (κ2) is 5.24. The second-order valence-electron chi connectivity index (χ2n) is 5.89. The lowest BCUT2D eigenvalue weighted by Crippen LogP contribution is -2.03. The number of benzene rings is 2. The zero-order valence-electron chi connectivity index (χ0n) is 13.5. The first-order chi connectivity index (χ1) is 12.3. The van der Waals surface area contributed by atoms with E-state index in [1.165, 1.54) is 11.1 Å². The standard InChI is InChI=1S/C19H14N6/c1-13-20-21-17-11-12-18-22-23-19(25(18)24(13)17)16-9-7-15(8-10-16)14-5-3-2-4-6-14/h2-12H,1H3. The van der Waals surface area contributed by atoms with Gasteiger partial charge in [0.25, 0.3) is 0 Å². The Balaban J connectivity index is 1.69. The van der Waals surface area contributed by atoms with E-state index in [4.69, 9.17) is 0 Å². The van der Waals surface area contributed by atoms with Crippen LogP contribution in [0.25, 0.3) is 33.8 Å². The molecule has 0 saturated carbocycles. The molecule has 3 aromatic heterocycles. The van der Waals surface area contributed by atoms with Gasteiger partial charge in [0, 0.05) is 5.56 Å². The van der Waals surface area contributed by atoms with Crippen LogP contribution in [0.4, 0.5) is 0 Å². The number of fused-ring (bicyclic) bond motifs is 3. The molecule has 6 heteroatoms. The van der Waals surface area contributed by atoms with Crippen LogP contribution in [-0.2, 0) is 0 Å². The van der Waals surface area contributed by atoms with Crippen LogP contribution in [0.1, 0.15) is 5.82 Å². The van der Waals surface area contributed by atoms with Crippen molar-refractivity contribution in [3.8, 4) is 22.5 Å². The highest BCUT2D eigenvalue weighted by Gasteiger charge is 2.13. The van der Waals surface area contributed by atoms with Gasteiger partial charge in [-0.05, 0) is 30.2 Å². The highest BCUT2D eigenvalue weighted by molar-refractivity contribution is 5.68. The summed E-state index contributed by atoms with van der Waals surface area (Å²) < 4.78 is 3.87. The molecule has 0 spiro atoms. The van der Waals surface area contributed by atoms with Crippen molar-refractivity contribution in [1.82, 2.24) is 29.4 Å². The fraction of sp³-hybridized carbons (Fsp3) is 0.0526. The first-order valence-corrected chi connectivity index (χ1v) is 8.03. The summed E-state index contributed by atoms with van der Waals surface area (Å²) in [5.41, 5.74) is 4.89. The van der Waals surface area contributed by atoms with E-state index in [0.717, 1.165) is 28.5 Å². The molecule has 0 aliphatic rings. The van der Waals surface area contributed by atoms with Gasteiger partial charge in [0.15, 0.2) is 17.1 Å². The van der Waals surface area contributed by atoms with E-state index in [1.807, 2.05) is 46.3 Å². The summed E-state index contributed by atoms with van der Waals surface area (Å²) in [4.78, 5) is 0. The van der Waals surface area contributed by atoms with E-state index in [9.17, 15) is 0 Å². The molecule has 0 aliphatic heterocycles. The van der Waals surface area contributed by atoms with Gasteiger partial charge >= 0.3 is 0 Å². The summed E-state index contributed by atoms with van der Waals surface area (Å²) in [6.07, 6.45) is 0. The third-order valence-electron chi connectivity index (χ3n) is 4.32. The third-order valence-corrected chi connectivity index (χ3v) is 4.32. The molecular formula is C19H14N6. The molecule has 5 rings (SSSR count). The molecule has 0 saturated heterocycles. The number of hydrogen-bond donors (Lipinski definition) is 0. The molecule has 0 atom stereocenters. The molecule has 120 valence electrons. The van der Waals surface area contributed by atoms with Crippen molar-refractivity contribution >= 4 is 11.3 Å². The molecule has 3 heterocycles. The second-order valence-corrected chi connectivity index (χ2v) is 5.89. The summed E-state index contributed by atoms with van der Waals surface area (Å²) in [6.45, 7) is 1.92. The maximum Gasteiger partial charge on any atom is 0.183 e. The molecule has 25 heavy (non-hydrogen) atoms. The summed E-state index contributed by atoms with van der Waals surface area (Å²) in [6, 6.07) is 22.4. The predicted molar refractivity (Wildman–Crippen MR) is 95.1 cm³/mol. The lowest BCUT2D eigenvalue weighted by molar-refractivity contribution is 0.813. The minimum atomic E-state index is 0.762. The van der Waals surface area contributed by atoms with Gasteiger partial charge in [-0.2, -0.15) is 0 Å². The normalized spacial score (nSPS) is 11.4. The van der Waals surface area contributed by atoms with Crippen LogP contribution in [-0.4, -0.2) is 29.4 Å². The van der Waals surface area contributed by atoms with Crippen LogP contribution in [0.3, 0.4) is 0 Å². The average molecular weight is 326 g/mol. The van der Waals surface area contributed by atoms with Crippen LogP contribution in [0.5, 0.6) is 0 Å². The Morgan fingerprint density at radius 2 is 1.16 bits per heavy atom. The Bertz CT molecular complexity index is 1190. The fourth-order valence-corrected chi connectivity index (χ4v) is 3.09. The van der Waals surface area contributed by atoms with Crippen molar-refractivity contribution in [2.24, 2.45) is 0 Å². The topological polar surface area (TPSA) is 60.4 Å². The summed E-state index contributed by atoms with van der Waals surface area (Å²) in [7, 11) is 0. The predicted octanol–water partition coefficient (Wildman–Crippen LogP) is 3.41. The fourth-order valence-electron chi connectivity index (χ4n) is 3.09. The summed E-state index contributed by atoms with van der Waals surface area (Å²) >= 11 is 0. The number of aryl methyl sites for hydroxylation is 1. The smallest absolute Gasteiger partial charge is 0.183 e. The zero-order valence-corrected chi connectivity index (χ0v) is 13.5. The lowest BCUT2D eigenvalue weighted by atomic mass is 10.0. The Morgan fingerprint density at radius 3 is 1.92 bits per heavy atom. The molecule has 0 unspecified atom stereocenters. The van der Waals surface area contributed by atoms with Gasteiger partial charge in [-0.25, -0.2) is 9.03 Å². The van der Waals surface area contributed by atoms with Crippen molar-refractivity contribution in [2.45, 2.75) is 6.92 Å². The monoisotopic (exact) mass is 326 g/mol.